The zero-order chi connectivity index (χ0) is 12.1. The standard InChI is InChI=1S/C13H17NO3/c15-11-7-4-8-12(11)17-13(16)14-9-10-5-2-1-3-6-10/h1-3,5-6,11-12,15H,4,7-9H2,(H,14,16)/t11-,12-/m1/s1. The number of hydrogen-bond acceptors (Lipinski definition) is 3. The van der Waals surface area contributed by atoms with Crippen LogP contribution in [0.25, 0.3) is 0 Å². The second-order valence-electron chi connectivity index (χ2n) is 4.28. The SMILES string of the molecule is O=C(NCc1ccccc1)O[C@@H]1CCC[C@H]1O. The largest absolute Gasteiger partial charge is 0.443 e. The van der Waals surface area contributed by atoms with E-state index in [9.17, 15) is 9.90 Å². The summed E-state index contributed by atoms with van der Waals surface area (Å²) in [6, 6.07) is 9.64. The maximum atomic E-state index is 11.5. The van der Waals surface area contributed by atoms with Crippen molar-refractivity contribution in [3.8, 4) is 0 Å². The summed E-state index contributed by atoms with van der Waals surface area (Å²) in [5.74, 6) is 0. The lowest BCUT2D eigenvalue weighted by Gasteiger charge is -2.15. The Morgan fingerprint density at radius 2 is 2.12 bits per heavy atom. The molecular weight excluding hydrogens is 218 g/mol. The summed E-state index contributed by atoms with van der Waals surface area (Å²) in [6.07, 6.45) is 1.08. The molecule has 0 aromatic heterocycles. The van der Waals surface area contributed by atoms with Gasteiger partial charge >= 0.3 is 6.09 Å². The van der Waals surface area contributed by atoms with E-state index < -0.39 is 12.2 Å². The lowest BCUT2D eigenvalue weighted by molar-refractivity contribution is 0.0222. The first kappa shape index (κ1) is 11.9. The predicted molar refractivity (Wildman–Crippen MR) is 63.4 cm³/mol. The molecule has 1 amide bonds. The van der Waals surface area contributed by atoms with E-state index in [1.807, 2.05) is 30.3 Å². The monoisotopic (exact) mass is 235 g/mol. The topological polar surface area (TPSA) is 58.6 Å². The third-order valence-electron chi connectivity index (χ3n) is 2.96. The van der Waals surface area contributed by atoms with Crippen molar-refractivity contribution >= 4 is 6.09 Å². The first-order valence-corrected chi connectivity index (χ1v) is 5.92. The van der Waals surface area contributed by atoms with Gasteiger partial charge in [0.2, 0.25) is 0 Å². The Balaban J connectivity index is 1.74. The molecule has 0 radical (unpaired) electrons. The van der Waals surface area contributed by atoms with E-state index in [2.05, 4.69) is 5.32 Å². The van der Waals surface area contributed by atoms with E-state index >= 15 is 0 Å². The van der Waals surface area contributed by atoms with Gasteiger partial charge in [0, 0.05) is 6.54 Å². The quantitative estimate of drug-likeness (QED) is 0.840. The van der Waals surface area contributed by atoms with Crippen molar-refractivity contribution in [2.24, 2.45) is 0 Å². The number of aliphatic hydroxyl groups excluding tert-OH is 1. The Kier molecular flexibility index (Phi) is 3.98. The second-order valence-corrected chi connectivity index (χ2v) is 4.28. The van der Waals surface area contributed by atoms with Gasteiger partial charge < -0.3 is 15.2 Å². The van der Waals surface area contributed by atoms with Gasteiger partial charge in [0.05, 0.1) is 6.10 Å². The molecule has 1 saturated carbocycles. The minimum Gasteiger partial charge on any atom is -0.443 e. The van der Waals surface area contributed by atoms with Gasteiger partial charge in [-0.15, -0.1) is 0 Å². The lowest BCUT2D eigenvalue weighted by atomic mass is 10.2. The van der Waals surface area contributed by atoms with Crippen LogP contribution in [0.3, 0.4) is 0 Å². The number of ether oxygens (including phenoxy) is 1. The Hall–Kier alpha value is -1.55. The number of rotatable bonds is 3. The molecule has 0 heterocycles. The molecule has 1 aromatic carbocycles. The number of alkyl carbamates (subject to hydrolysis) is 1. The van der Waals surface area contributed by atoms with Crippen molar-refractivity contribution in [3.63, 3.8) is 0 Å². The summed E-state index contributed by atoms with van der Waals surface area (Å²) in [4.78, 5) is 11.5. The summed E-state index contributed by atoms with van der Waals surface area (Å²) in [5, 5.41) is 12.2. The van der Waals surface area contributed by atoms with Gasteiger partial charge in [-0.25, -0.2) is 4.79 Å². The molecule has 0 aliphatic heterocycles. The van der Waals surface area contributed by atoms with Crippen LogP contribution in [0.1, 0.15) is 24.8 Å². The molecule has 0 bridgehead atoms. The first-order valence-electron chi connectivity index (χ1n) is 5.92. The second kappa shape index (κ2) is 5.68. The Labute approximate surface area is 101 Å². The van der Waals surface area contributed by atoms with Crippen molar-refractivity contribution in [1.29, 1.82) is 0 Å². The van der Waals surface area contributed by atoms with E-state index in [-0.39, 0.29) is 6.10 Å². The molecule has 0 spiro atoms. The molecule has 0 unspecified atom stereocenters. The summed E-state index contributed by atoms with van der Waals surface area (Å²) in [5.41, 5.74) is 1.02. The van der Waals surface area contributed by atoms with Crippen LogP contribution >= 0.6 is 0 Å². The number of aliphatic hydroxyl groups is 1. The van der Waals surface area contributed by atoms with Gasteiger partial charge in [-0.1, -0.05) is 30.3 Å². The molecule has 2 atom stereocenters. The van der Waals surface area contributed by atoms with Gasteiger partial charge in [-0.05, 0) is 24.8 Å². The molecule has 0 saturated heterocycles. The van der Waals surface area contributed by atoms with Gasteiger partial charge in [-0.3, -0.25) is 0 Å². The Bertz CT molecular complexity index is 366. The maximum Gasteiger partial charge on any atom is 0.407 e. The van der Waals surface area contributed by atoms with E-state index in [4.69, 9.17) is 4.74 Å². The maximum absolute atomic E-state index is 11.5. The van der Waals surface area contributed by atoms with Crippen LogP contribution in [-0.4, -0.2) is 23.4 Å². The number of amides is 1. The van der Waals surface area contributed by atoms with Gasteiger partial charge in [-0.2, -0.15) is 0 Å². The first-order chi connectivity index (χ1) is 8.25. The molecule has 4 nitrogen and oxygen atoms in total. The third-order valence-corrected chi connectivity index (χ3v) is 2.96. The highest BCUT2D eigenvalue weighted by atomic mass is 16.6. The number of carbonyl (C=O) groups is 1. The van der Waals surface area contributed by atoms with Crippen LogP contribution in [0.4, 0.5) is 4.79 Å². The summed E-state index contributed by atoms with van der Waals surface area (Å²) < 4.78 is 5.15. The molecule has 4 heteroatoms. The summed E-state index contributed by atoms with van der Waals surface area (Å²) in [7, 11) is 0. The number of nitrogens with one attached hydrogen (secondary N) is 1. The molecule has 92 valence electrons. The smallest absolute Gasteiger partial charge is 0.407 e. The molecule has 17 heavy (non-hydrogen) atoms. The van der Waals surface area contributed by atoms with Crippen molar-refractivity contribution in [1.82, 2.24) is 5.32 Å². The predicted octanol–water partition coefficient (Wildman–Crippen LogP) is 1.83. The van der Waals surface area contributed by atoms with Crippen LogP contribution in [0.5, 0.6) is 0 Å². The van der Waals surface area contributed by atoms with Crippen LogP contribution in [0, 0.1) is 0 Å². The molecule has 1 aliphatic rings. The highest BCUT2D eigenvalue weighted by Crippen LogP contribution is 2.21. The molecule has 1 aliphatic carbocycles. The molecule has 1 fully saturated rings. The van der Waals surface area contributed by atoms with E-state index in [1.165, 1.54) is 0 Å². The average Bonchev–Trinajstić information content (AvgIpc) is 2.74. The lowest BCUT2D eigenvalue weighted by Crippen LogP contribution is -2.32. The Morgan fingerprint density at radius 1 is 1.35 bits per heavy atom. The number of carbonyl (C=O) groups excluding carboxylic acids is 1. The fourth-order valence-corrected chi connectivity index (χ4v) is 1.99. The van der Waals surface area contributed by atoms with Crippen molar-refractivity contribution in [2.45, 2.75) is 38.0 Å². The zero-order valence-electron chi connectivity index (χ0n) is 9.63. The molecule has 2 N–H and O–H groups in total. The normalized spacial score (nSPS) is 23.4. The summed E-state index contributed by atoms with van der Waals surface area (Å²) >= 11 is 0. The fourth-order valence-electron chi connectivity index (χ4n) is 1.99. The highest BCUT2D eigenvalue weighted by molar-refractivity contribution is 5.67. The Morgan fingerprint density at radius 3 is 2.76 bits per heavy atom. The van der Waals surface area contributed by atoms with E-state index in [0.717, 1.165) is 24.8 Å². The van der Waals surface area contributed by atoms with E-state index in [1.54, 1.807) is 0 Å². The van der Waals surface area contributed by atoms with Crippen LogP contribution in [0.2, 0.25) is 0 Å². The average molecular weight is 235 g/mol. The van der Waals surface area contributed by atoms with Crippen molar-refractivity contribution in [3.05, 3.63) is 35.9 Å². The zero-order valence-corrected chi connectivity index (χ0v) is 9.63. The van der Waals surface area contributed by atoms with Crippen molar-refractivity contribution < 1.29 is 14.6 Å². The van der Waals surface area contributed by atoms with E-state index in [0.29, 0.717) is 6.54 Å². The summed E-state index contributed by atoms with van der Waals surface area (Å²) in [6.45, 7) is 0.447. The highest BCUT2D eigenvalue weighted by Gasteiger charge is 2.28. The molecular formula is C13H17NO3. The van der Waals surface area contributed by atoms with Crippen LogP contribution < -0.4 is 5.32 Å². The van der Waals surface area contributed by atoms with Crippen LogP contribution in [-0.2, 0) is 11.3 Å². The number of hydrogen-bond donors (Lipinski definition) is 2. The van der Waals surface area contributed by atoms with Gasteiger partial charge in [0.1, 0.15) is 6.10 Å². The van der Waals surface area contributed by atoms with Gasteiger partial charge in [0.25, 0.3) is 0 Å². The third kappa shape index (κ3) is 3.46. The minimum atomic E-state index is -0.502. The molecule has 2 rings (SSSR count). The van der Waals surface area contributed by atoms with Gasteiger partial charge in [0.15, 0.2) is 0 Å². The van der Waals surface area contributed by atoms with Crippen molar-refractivity contribution in [2.75, 3.05) is 0 Å². The number of benzene rings is 1. The fraction of sp³-hybridized carbons (Fsp3) is 0.462. The van der Waals surface area contributed by atoms with Crippen LogP contribution in [0.15, 0.2) is 30.3 Å². The minimum absolute atomic E-state index is 0.342. The molecule has 1 aromatic rings.